The Kier molecular flexibility index (Phi) is 3.45. The first kappa shape index (κ1) is 11.6. The van der Waals surface area contributed by atoms with Crippen LogP contribution in [-0.2, 0) is 0 Å². The minimum absolute atomic E-state index is 0.614. The number of thiazole rings is 1. The summed E-state index contributed by atoms with van der Waals surface area (Å²) in [5.74, 6) is 0. The van der Waals surface area contributed by atoms with Crippen molar-refractivity contribution in [3.8, 4) is 0 Å². The molecule has 3 rings (SSSR count). The molecular formula is C13H21N3S. The van der Waals surface area contributed by atoms with E-state index in [2.05, 4.69) is 27.2 Å². The molecule has 0 unspecified atom stereocenters. The van der Waals surface area contributed by atoms with Crippen LogP contribution in [0.4, 0.5) is 0 Å². The van der Waals surface area contributed by atoms with Crippen molar-refractivity contribution in [2.75, 3.05) is 26.7 Å². The van der Waals surface area contributed by atoms with E-state index in [1.54, 1.807) is 0 Å². The molecule has 0 N–H and O–H groups in total. The van der Waals surface area contributed by atoms with Crippen LogP contribution in [0, 0.1) is 0 Å². The van der Waals surface area contributed by atoms with Gasteiger partial charge < -0.3 is 4.90 Å². The Morgan fingerprint density at radius 1 is 1.24 bits per heavy atom. The second-order valence-corrected chi connectivity index (χ2v) is 6.23. The second-order valence-electron chi connectivity index (χ2n) is 5.30. The molecule has 2 aliphatic heterocycles. The summed E-state index contributed by atoms with van der Waals surface area (Å²) in [7, 11) is 2.23. The predicted octanol–water partition coefficient (Wildman–Crippen LogP) is 2.37. The number of aromatic nitrogens is 1. The van der Waals surface area contributed by atoms with Gasteiger partial charge in [0.15, 0.2) is 0 Å². The van der Waals surface area contributed by atoms with Crippen molar-refractivity contribution in [2.45, 2.75) is 37.8 Å². The molecule has 1 atom stereocenters. The maximum absolute atomic E-state index is 4.52. The van der Waals surface area contributed by atoms with Crippen molar-refractivity contribution < 1.29 is 0 Å². The molecule has 0 aromatic carbocycles. The molecule has 1 aromatic heterocycles. The summed E-state index contributed by atoms with van der Waals surface area (Å²) in [6, 6.07) is 1.41. The van der Waals surface area contributed by atoms with Gasteiger partial charge in [-0.1, -0.05) is 0 Å². The zero-order chi connectivity index (χ0) is 11.7. The van der Waals surface area contributed by atoms with Gasteiger partial charge in [0.25, 0.3) is 0 Å². The molecule has 0 radical (unpaired) electrons. The lowest BCUT2D eigenvalue weighted by Crippen LogP contribution is -2.43. The summed E-state index contributed by atoms with van der Waals surface area (Å²) in [4.78, 5) is 9.70. The standard InChI is InChI=1S/C13H21N3S/c1-15-8-4-11(5-9-15)16-7-2-3-12(16)13-14-6-10-17-13/h6,10-12H,2-5,7-9H2,1H3/t12-/m1/s1. The lowest BCUT2D eigenvalue weighted by molar-refractivity contribution is 0.110. The van der Waals surface area contributed by atoms with Crippen molar-refractivity contribution in [2.24, 2.45) is 0 Å². The largest absolute Gasteiger partial charge is 0.306 e. The van der Waals surface area contributed by atoms with Crippen LogP contribution in [0.1, 0.15) is 36.7 Å². The van der Waals surface area contributed by atoms with Crippen LogP contribution in [0.25, 0.3) is 0 Å². The van der Waals surface area contributed by atoms with Crippen molar-refractivity contribution >= 4 is 11.3 Å². The maximum atomic E-state index is 4.52. The average Bonchev–Trinajstić information content (AvgIpc) is 3.00. The van der Waals surface area contributed by atoms with Crippen molar-refractivity contribution in [3.63, 3.8) is 0 Å². The Morgan fingerprint density at radius 2 is 2.06 bits per heavy atom. The van der Waals surface area contributed by atoms with Gasteiger partial charge in [0.1, 0.15) is 5.01 Å². The fourth-order valence-electron chi connectivity index (χ4n) is 3.22. The van der Waals surface area contributed by atoms with Crippen LogP contribution >= 0.6 is 11.3 Å². The number of rotatable bonds is 2. The first-order valence-corrected chi connectivity index (χ1v) is 7.56. The van der Waals surface area contributed by atoms with E-state index in [0.717, 1.165) is 6.04 Å². The molecule has 0 amide bonds. The minimum atomic E-state index is 0.614. The van der Waals surface area contributed by atoms with Crippen LogP contribution in [0.2, 0.25) is 0 Å². The van der Waals surface area contributed by atoms with Crippen LogP contribution in [0.15, 0.2) is 11.6 Å². The summed E-state index contributed by atoms with van der Waals surface area (Å²) >= 11 is 1.83. The van der Waals surface area contributed by atoms with E-state index in [4.69, 9.17) is 0 Å². The first-order chi connectivity index (χ1) is 8.34. The summed E-state index contributed by atoms with van der Waals surface area (Å²) in [5, 5.41) is 3.45. The average molecular weight is 251 g/mol. The molecule has 0 aliphatic carbocycles. The normalized spacial score (nSPS) is 28.9. The third kappa shape index (κ3) is 2.39. The highest BCUT2D eigenvalue weighted by atomic mass is 32.1. The Balaban J connectivity index is 1.69. The Morgan fingerprint density at radius 3 is 2.76 bits per heavy atom. The van der Waals surface area contributed by atoms with Crippen molar-refractivity contribution in [1.29, 1.82) is 0 Å². The topological polar surface area (TPSA) is 19.4 Å². The van der Waals surface area contributed by atoms with Crippen LogP contribution in [0.5, 0.6) is 0 Å². The van der Waals surface area contributed by atoms with E-state index in [0.29, 0.717) is 6.04 Å². The van der Waals surface area contributed by atoms with E-state index in [-0.39, 0.29) is 0 Å². The van der Waals surface area contributed by atoms with Gasteiger partial charge in [-0.05, 0) is 52.4 Å². The molecule has 17 heavy (non-hydrogen) atoms. The molecule has 0 spiro atoms. The fourth-order valence-corrected chi connectivity index (χ4v) is 4.01. The minimum Gasteiger partial charge on any atom is -0.306 e. The molecule has 3 nitrogen and oxygen atoms in total. The molecular weight excluding hydrogens is 230 g/mol. The third-order valence-corrected chi connectivity index (χ3v) is 5.06. The van der Waals surface area contributed by atoms with E-state index >= 15 is 0 Å². The molecule has 2 saturated heterocycles. The van der Waals surface area contributed by atoms with Crippen LogP contribution in [0.3, 0.4) is 0 Å². The Labute approximate surface area is 107 Å². The maximum Gasteiger partial charge on any atom is 0.110 e. The van der Waals surface area contributed by atoms with Gasteiger partial charge in [0, 0.05) is 17.6 Å². The number of likely N-dealkylation sites (tertiary alicyclic amines) is 2. The van der Waals surface area contributed by atoms with E-state index in [1.165, 1.54) is 50.3 Å². The molecule has 4 heteroatoms. The smallest absolute Gasteiger partial charge is 0.110 e. The van der Waals surface area contributed by atoms with Crippen molar-refractivity contribution in [3.05, 3.63) is 16.6 Å². The number of hydrogen-bond acceptors (Lipinski definition) is 4. The monoisotopic (exact) mass is 251 g/mol. The van der Waals surface area contributed by atoms with Gasteiger partial charge in [0.05, 0.1) is 6.04 Å². The predicted molar refractivity (Wildman–Crippen MR) is 71.3 cm³/mol. The van der Waals surface area contributed by atoms with Crippen molar-refractivity contribution in [1.82, 2.24) is 14.8 Å². The zero-order valence-electron chi connectivity index (χ0n) is 10.5. The van der Waals surface area contributed by atoms with E-state index in [1.807, 2.05) is 17.5 Å². The lowest BCUT2D eigenvalue weighted by Gasteiger charge is -2.37. The highest BCUT2D eigenvalue weighted by Gasteiger charge is 2.34. The van der Waals surface area contributed by atoms with Gasteiger partial charge in [-0.2, -0.15) is 0 Å². The fraction of sp³-hybridized carbons (Fsp3) is 0.769. The van der Waals surface area contributed by atoms with Gasteiger partial charge in [0.2, 0.25) is 0 Å². The lowest BCUT2D eigenvalue weighted by atomic mass is 10.0. The first-order valence-electron chi connectivity index (χ1n) is 6.68. The third-order valence-electron chi connectivity index (χ3n) is 4.19. The molecule has 2 fully saturated rings. The second kappa shape index (κ2) is 5.04. The summed E-state index contributed by atoms with van der Waals surface area (Å²) in [5.41, 5.74) is 0. The summed E-state index contributed by atoms with van der Waals surface area (Å²) < 4.78 is 0. The van der Waals surface area contributed by atoms with Gasteiger partial charge in [-0.3, -0.25) is 4.90 Å². The van der Waals surface area contributed by atoms with Crippen LogP contribution < -0.4 is 0 Å². The number of piperidine rings is 1. The van der Waals surface area contributed by atoms with E-state index in [9.17, 15) is 0 Å². The van der Waals surface area contributed by atoms with E-state index < -0.39 is 0 Å². The molecule has 3 heterocycles. The molecule has 0 saturated carbocycles. The number of hydrogen-bond donors (Lipinski definition) is 0. The summed E-state index contributed by atoms with van der Waals surface area (Å²) in [6.45, 7) is 3.79. The zero-order valence-corrected chi connectivity index (χ0v) is 11.3. The van der Waals surface area contributed by atoms with Gasteiger partial charge in [-0.15, -0.1) is 11.3 Å². The molecule has 2 aliphatic rings. The van der Waals surface area contributed by atoms with Gasteiger partial charge >= 0.3 is 0 Å². The molecule has 94 valence electrons. The highest BCUT2D eigenvalue weighted by molar-refractivity contribution is 7.09. The molecule has 1 aromatic rings. The van der Waals surface area contributed by atoms with Gasteiger partial charge in [-0.25, -0.2) is 4.98 Å². The summed E-state index contributed by atoms with van der Waals surface area (Å²) in [6.07, 6.45) is 7.26. The van der Waals surface area contributed by atoms with Crippen LogP contribution in [-0.4, -0.2) is 47.5 Å². The number of nitrogens with zero attached hydrogens (tertiary/aromatic N) is 3. The quantitative estimate of drug-likeness (QED) is 0.804. The SMILES string of the molecule is CN1CCC(N2CCC[C@@H]2c2nccs2)CC1. The Bertz CT molecular complexity index is 344. The highest BCUT2D eigenvalue weighted by Crippen LogP contribution is 2.36. The molecule has 0 bridgehead atoms. The Hall–Kier alpha value is -0.450.